The molecule has 0 spiro atoms. The van der Waals surface area contributed by atoms with E-state index in [-0.39, 0.29) is 11.9 Å². The minimum Gasteiger partial charge on any atom is -0.328 e. The number of thioether (sulfide) groups is 1. The standard InChI is InChI=1S/C20H27N5OS/c1-6-27-20-23-19-21-14(5)17(16(11-12(2)3)25(19)24-20)18(26)22-15-10-8-7-9-13(15)4/h7-10,12,16H,6,11H2,1-5H3,(H,22,26)(H,21,23,24)/t16-/m1/s1. The molecule has 1 aliphatic rings. The predicted molar refractivity (Wildman–Crippen MR) is 111 cm³/mol. The molecule has 1 aromatic heterocycles. The summed E-state index contributed by atoms with van der Waals surface area (Å²) in [6.45, 7) is 10.3. The summed E-state index contributed by atoms with van der Waals surface area (Å²) in [6, 6.07) is 7.68. The molecular formula is C20H27N5OS. The number of hydrogen-bond acceptors (Lipinski definition) is 5. The molecule has 0 unspecified atom stereocenters. The maximum atomic E-state index is 13.2. The average Bonchev–Trinajstić information content (AvgIpc) is 2.99. The molecule has 1 aromatic carbocycles. The fourth-order valence-corrected chi connectivity index (χ4v) is 3.85. The molecule has 0 fully saturated rings. The van der Waals surface area contributed by atoms with Crippen molar-refractivity contribution in [3.05, 3.63) is 41.1 Å². The van der Waals surface area contributed by atoms with E-state index in [4.69, 9.17) is 0 Å². The molecule has 0 saturated heterocycles. The quantitative estimate of drug-likeness (QED) is 0.710. The van der Waals surface area contributed by atoms with E-state index in [1.807, 2.05) is 42.8 Å². The highest BCUT2D eigenvalue weighted by Crippen LogP contribution is 2.36. The maximum absolute atomic E-state index is 13.2. The number of carbonyl (C=O) groups excluding carboxylic acids is 1. The van der Waals surface area contributed by atoms with Crippen molar-refractivity contribution < 1.29 is 4.79 Å². The second-order valence-electron chi connectivity index (χ2n) is 7.17. The molecule has 2 aromatic rings. The van der Waals surface area contributed by atoms with E-state index in [0.717, 1.165) is 39.9 Å². The monoisotopic (exact) mass is 385 g/mol. The van der Waals surface area contributed by atoms with Gasteiger partial charge in [0.15, 0.2) is 0 Å². The van der Waals surface area contributed by atoms with Gasteiger partial charge in [0.25, 0.3) is 5.91 Å². The predicted octanol–water partition coefficient (Wildman–Crippen LogP) is 4.62. The number of hydrogen-bond donors (Lipinski definition) is 2. The number of anilines is 2. The Hall–Kier alpha value is -2.28. The van der Waals surface area contributed by atoms with Gasteiger partial charge >= 0.3 is 0 Å². The highest BCUT2D eigenvalue weighted by Gasteiger charge is 2.33. The van der Waals surface area contributed by atoms with Crippen molar-refractivity contribution in [3.63, 3.8) is 0 Å². The number of para-hydroxylation sites is 1. The minimum atomic E-state index is -0.135. The Labute approximate surface area is 164 Å². The molecule has 27 heavy (non-hydrogen) atoms. The zero-order valence-corrected chi connectivity index (χ0v) is 17.4. The Balaban J connectivity index is 1.95. The average molecular weight is 386 g/mol. The molecular weight excluding hydrogens is 358 g/mol. The van der Waals surface area contributed by atoms with Crippen LogP contribution in [0.2, 0.25) is 0 Å². The second-order valence-corrected chi connectivity index (χ2v) is 8.40. The van der Waals surface area contributed by atoms with E-state index < -0.39 is 0 Å². The van der Waals surface area contributed by atoms with E-state index in [0.29, 0.717) is 11.9 Å². The molecule has 3 rings (SSSR count). The molecule has 6 nitrogen and oxygen atoms in total. The molecule has 1 amide bonds. The van der Waals surface area contributed by atoms with Crippen molar-refractivity contribution in [2.45, 2.75) is 52.2 Å². The highest BCUT2D eigenvalue weighted by molar-refractivity contribution is 7.99. The summed E-state index contributed by atoms with van der Waals surface area (Å²) in [5.41, 5.74) is 3.42. The van der Waals surface area contributed by atoms with Crippen LogP contribution in [0.4, 0.5) is 11.6 Å². The van der Waals surface area contributed by atoms with E-state index >= 15 is 0 Å². The van der Waals surface area contributed by atoms with Crippen LogP contribution < -0.4 is 10.6 Å². The Morgan fingerprint density at radius 2 is 2.07 bits per heavy atom. The van der Waals surface area contributed by atoms with Gasteiger partial charge < -0.3 is 10.6 Å². The molecule has 144 valence electrons. The third-order valence-corrected chi connectivity index (χ3v) is 5.27. The number of allylic oxidation sites excluding steroid dienone is 1. The van der Waals surface area contributed by atoms with Crippen LogP contribution in [0.5, 0.6) is 0 Å². The second kappa shape index (κ2) is 8.17. The van der Waals surface area contributed by atoms with Crippen LogP contribution >= 0.6 is 11.8 Å². The van der Waals surface area contributed by atoms with Gasteiger partial charge in [0.2, 0.25) is 11.1 Å². The number of nitrogens with zero attached hydrogens (tertiary/aromatic N) is 3. The van der Waals surface area contributed by atoms with Gasteiger partial charge in [0.1, 0.15) is 0 Å². The SMILES string of the molecule is CCSc1nc2n(n1)[C@H](CC(C)C)C(C(=O)Nc1ccccc1C)=C(C)N2. The van der Waals surface area contributed by atoms with Gasteiger partial charge in [-0.05, 0) is 43.6 Å². The normalized spacial score (nSPS) is 16.3. The van der Waals surface area contributed by atoms with Crippen LogP contribution in [-0.4, -0.2) is 26.4 Å². The zero-order chi connectivity index (χ0) is 19.6. The lowest BCUT2D eigenvalue weighted by molar-refractivity contribution is -0.113. The van der Waals surface area contributed by atoms with Crippen molar-refractivity contribution in [1.29, 1.82) is 0 Å². The fraction of sp³-hybridized carbons (Fsp3) is 0.450. The van der Waals surface area contributed by atoms with Crippen LogP contribution in [-0.2, 0) is 4.79 Å². The summed E-state index contributed by atoms with van der Waals surface area (Å²) >= 11 is 1.60. The van der Waals surface area contributed by atoms with E-state index in [9.17, 15) is 4.79 Å². The fourth-order valence-electron chi connectivity index (χ4n) is 3.29. The number of benzene rings is 1. The first-order chi connectivity index (χ1) is 12.9. The van der Waals surface area contributed by atoms with E-state index in [2.05, 4.69) is 41.5 Å². The van der Waals surface area contributed by atoms with Gasteiger partial charge in [-0.3, -0.25) is 4.79 Å². The van der Waals surface area contributed by atoms with Crippen molar-refractivity contribution >= 4 is 29.3 Å². The van der Waals surface area contributed by atoms with Crippen molar-refractivity contribution in [1.82, 2.24) is 14.8 Å². The van der Waals surface area contributed by atoms with Crippen LogP contribution in [0.1, 0.15) is 45.7 Å². The number of carbonyl (C=O) groups is 1. The molecule has 7 heteroatoms. The molecule has 0 radical (unpaired) electrons. The van der Waals surface area contributed by atoms with Gasteiger partial charge in [-0.2, -0.15) is 4.98 Å². The third kappa shape index (κ3) is 4.18. The lowest BCUT2D eigenvalue weighted by atomic mass is 9.94. The first kappa shape index (κ1) is 19.5. The van der Waals surface area contributed by atoms with Crippen molar-refractivity contribution in [3.8, 4) is 0 Å². The van der Waals surface area contributed by atoms with Crippen molar-refractivity contribution in [2.24, 2.45) is 5.92 Å². The molecule has 0 bridgehead atoms. The Morgan fingerprint density at radius 3 is 2.74 bits per heavy atom. The first-order valence-corrected chi connectivity index (χ1v) is 10.3. The zero-order valence-electron chi connectivity index (χ0n) is 16.5. The highest BCUT2D eigenvalue weighted by atomic mass is 32.2. The summed E-state index contributed by atoms with van der Waals surface area (Å²) < 4.78 is 1.87. The van der Waals surface area contributed by atoms with Gasteiger partial charge in [0, 0.05) is 11.4 Å². The van der Waals surface area contributed by atoms with Crippen LogP contribution in [0, 0.1) is 12.8 Å². The van der Waals surface area contributed by atoms with Crippen LogP contribution in [0.3, 0.4) is 0 Å². The number of nitrogens with one attached hydrogen (secondary N) is 2. The number of rotatable bonds is 6. The van der Waals surface area contributed by atoms with Gasteiger partial charge in [0.05, 0.1) is 11.6 Å². The molecule has 2 heterocycles. The number of aryl methyl sites for hydroxylation is 1. The van der Waals surface area contributed by atoms with Crippen LogP contribution in [0.25, 0.3) is 0 Å². The summed E-state index contributed by atoms with van der Waals surface area (Å²) in [5, 5.41) is 11.7. The number of amides is 1. The lowest BCUT2D eigenvalue weighted by Gasteiger charge is -2.29. The third-order valence-electron chi connectivity index (χ3n) is 4.55. The Kier molecular flexibility index (Phi) is 5.89. The molecule has 0 saturated carbocycles. The van der Waals surface area contributed by atoms with Crippen molar-refractivity contribution in [2.75, 3.05) is 16.4 Å². The van der Waals surface area contributed by atoms with E-state index in [1.165, 1.54) is 0 Å². The number of aromatic nitrogens is 3. The summed E-state index contributed by atoms with van der Waals surface area (Å²) in [6.07, 6.45) is 0.822. The van der Waals surface area contributed by atoms with Gasteiger partial charge in [-0.1, -0.05) is 50.7 Å². The molecule has 0 aliphatic carbocycles. The maximum Gasteiger partial charge on any atom is 0.255 e. The van der Waals surface area contributed by atoms with E-state index in [1.54, 1.807) is 11.8 Å². The van der Waals surface area contributed by atoms with Gasteiger partial charge in [-0.15, -0.1) is 5.10 Å². The molecule has 1 aliphatic heterocycles. The minimum absolute atomic E-state index is 0.0919. The van der Waals surface area contributed by atoms with Crippen LogP contribution in [0.15, 0.2) is 40.7 Å². The summed E-state index contributed by atoms with van der Waals surface area (Å²) in [7, 11) is 0. The lowest BCUT2D eigenvalue weighted by Crippen LogP contribution is -2.31. The Morgan fingerprint density at radius 1 is 1.33 bits per heavy atom. The Bertz CT molecular complexity index is 871. The molecule has 2 N–H and O–H groups in total. The first-order valence-electron chi connectivity index (χ1n) is 9.34. The summed E-state index contributed by atoms with van der Waals surface area (Å²) in [5.74, 6) is 1.94. The van der Waals surface area contributed by atoms with Gasteiger partial charge in [-0.25, -0.2) is 4.68 Å². The smallest absolute Gasteiger partial charge is 0.255 e. The summed E-state index contributed by atoms with van der Waals surface area (Å²) in [4.78, 5) is 17.8. The largest absolute Gasteiger partial charge is 0.328 e. The molecule has 1 atom stereocenters. The number of fused-ring (bicyclic) bond motifs is 1. The topological polar surface area (TPSA) is 71.8 Å².